The van der Waals surface area contributed by atoms with E-state index >= 15 is 0 Å². The van der Waals surface area contributed by atoms with Gasteiger partial charge in [-0.2, -0.15) is 0 Å². The summed E-state index contributed by atoms with van der Waals surface area (Å²) in [5.74, 6) is -0.444. The number of carbonyl (C=O) groups is 1. The molecule has 1 fully saturated rings. The second-order valence-corrected chi connectivity index (χ2v) is 5.65. The summed E-state index contributed by atoms with van der Waals surface area (Å²) in [6.45, 7) is -0.151. The Labute approximate surface area is 94.5 Å². The summed E-state index contributed by atoms with van der Waals surface area (Å²) in [5.41, 5.74) is 0. The Hall–Kier alpha value is -0.420. The third-order valence-electron chi connectivity index (χ3n) is 2.44. The molecule has 0 atom stereocenters. The number of hydrogen-bond donors (Lipinski definition) is 3. The van der Waals surface area contributed by atoms with Crippen molar-refractivity contribution in [2.75, 3.05) is 12.8 Å². The van der Waals surface area contributed by atoms with Crippen molar-refractivity contribution in [3.05, 3.63) is 0 Å². The van der Waals surface area contributed by atoms with E-state index in [1.54, 1.807) is 0 Å². The van der Waals surface area contributed by atoms with Crippen LogP contribution in [0.4, 0.5) is 0 Å². The van der Waals surface area contributed by atoms with Crippen LogP contribution in [-0.4, -0.2) is 34.7 Å². The first kappa shape index (κ1) is 13.6. The molecule has 94 valence electrons. The zero-order valence-electron chi connectivity index (χ0n) is 9.09. The standard InChI is InChI=1S/C9H18NO5P/c11-9(6-10-7-16(12,13)14)15-8-4-2-1-3-5-8/h8,10H,1-7H2,(H2,12,13,14). The van der Waals surface area contributed by atoms with Gasteiger partial charge in [0.15, 0.2) is 0 Å². The summed E-state index contributed by atoms with van der Waals surface area (Å²) < 4.78 is 15.6. The first-order valence-corrected chi connectivity index (χ1v) is 7.22. The van der Waals surface area contributed by atoms with E-state index in [0.717, 1.165) is 25.7 Å². The first-order chi connectivity index (χ1) is 7.47. The Kier molecular flexibility index (Phi) is 5.41. The largest absolute Gasteiger partial charge is 0.461 e. The summed E-state index contributed by atoms with van der Waals surface area (Å²) in [4.78, 5) is 28.4. The van der Waals surface area contributed by atoms with E-state index in [0.29, 0.717) is 0 Å². The maximum Gasteiger partial charge on any atom is 0.339 e. The molecular formula is C9H18NO5P. The van der Waals surface area contributed by atoms with Crippen molar-refractivity contribution in [1.29, 1.82) is 0 Å². The van der Waals surface area contributed by atoms with Gasteiger partial charge in [0.25, 0.3) is 0 Å². The fourth-order valence-electron chi connectivity index (χ4n) is 1.71. The van der Waals surface area contributed by atoms with E-state index in [9.17, 15) is 9.36 Å². The maximum absolute atomic E-state index is 11.3. The van der Waals surface area contributed by atoms with Crippen LogP contribution in [0.15, 0.2) is 0 Å². The van der Waals surface area contributed by atoms with Crippen molar-refractivity contribution >= 4 is 13.6 Å². The SMILES string of the molecule is O=C(CNCP(=O)(O)O)OC1CCCCC1. The average Bonchev–Trinajstić information content (AvgIpc) is 2.17. The molecule has 6 nitrogen and oxygen atoms in total. The normalized spacial score (nSPS) is 18.4. The van der Waals surface area contributed by atoms with Crippen LogP contribution in [0.5, 0.6) is 0 Å². The number of nitrogens with one attached hydrogen (secondary N) is 1. The fourth-order valence-corrected chi connectivity index (χ4v) is 2.12. The highest BCUT2D eigenvalue weighted by Crippen LogP contribution is 2.31. The minimum atomic E-state index is -4.08. The molecule has 0 unspecified atom stereocenters. The lowest BCUT2D eigenvalue weighted by Gasteiger charge is -2.21. The molecule has 0 radical (unpaired) electrons. The van der Waals surface area contributed by atoms with Gasteiger partial charge in [-0.25, -0.2) is 0 Å². The van der Waals surface area contributed by atoms with Gasteiger partial charge < -0.3 is 14.5 Å². The van der Waals surface area contributed by atoms with Crippen LogP contribution in [-0.2, 0) is 14.1 Å². The average molecular weight is 251 g/mol. The third-order valence-corrected chi connectivity index (χ3v) is 3.07. The molecular weight excluding hydrogens is 233 g/mol. The van der Waals surface area contributed by atoms with Crippen LogP contribution in [0.1, 0.15) is 32.1 Å². The van der Waals surface area contributed by atoms with Crippen LogP contribution in [0.25, 0.3) is 0 Å². The molecule has 1 aliphatic rings. The molecule has 0 bridgehead atoms. The van der Waals surface area contributed by atoms with Crippen molar-refractivity contribution in [2.45, 2.75) is 38.2 Å². The minimum Gasteiger partial charge on any atom is -0.461 e. The van der Waals surface area contributed by atoms with Gasteiger partial charge in [-0.05, 0) is 25.7 Å². The highest BCUT2D eigenvalue weighted by Gasteiger charge is 2.18. The molecule has 7 heteroatoms. The Morgan fingerprint density at radius 3 is 2.50 bits per heavy atom. The van der Waals surface area contributed by atoms with Crippen molar-refractivity contribution in [3.8, 4) is 0 Å². The van der Waals surface area contributed by atoms with Gasteiger partial charge in [0.2, 0.25) is 0 Å². The summed E-state index contributed by atoms with van der Waals surface area (Å²) in [6, 6.07) is 0. The first-order valence-electron chi connectivity index (χ1n) is 5.42. The molecule has 0 aromatic rings. The Bertz CT molecular complexity index is 271. The van der Waals surface area contributed by atoms with Gasteiger partial charge in [0.05, 0.1) is 12.8 Å². The highest BCUT2D eigenvalue weighted by molar-refractivity contribution is 7.51. The van der Waals surface area contributed by atoms with Crippen molar-refractivity contribution in [2.24, 2.45) is 0 Å². The van der Waals surface area contributed by atoms with E-state index in [4.69, 9.17) is 14.5 Å². The predicted octanol–water partition coefficient (Wildman–Crippen LogP) is 0.587. The molecule has 0 saturated heterocycles. The van der Waals surface area contributed by atoms with Gasteiger partial charge in [0.1, 0.15) is 6.10 Å². The zero-order chi connectivity index (χ0) is 12.0. The molecule has 16 heavy (non-hydrogen) atoms. The molecule has 0 heterocycles. The van der Waals surface area contributed by atoms with Crippen molar-refractivity contribution in [1.82, 2.24) is 5.32 Å². The lowest BCUT2D eigenvalue weighted by Crippen LogP contribution is -2.29. The molecule has 0 aliphatic heterocycles. The molecule has 0 aromatic carbocycles. The fraction of sp³-hybridized carbons (Fsp3) is 0.889. The van der Waals surface area contributed by atoms with Crippen LogP contribution in [0.2, 0.25) is 0 Å². The van der Waals surface area contributed by atoms with Crippen molar-refractivity contribution < 1.29 is 23.9 Å². The van der Waals surface area contributed by atoms with Crippen molar-refractivity contribution in [3.63, 3.8) is 0 Å². The number of ether oxygens (including phenoxy) is 1. The number of esters is 1. The zero-order valence-corrected chi connectivity index (χ0v) is 9.99. The van der Waals surface area contributed by atoms with E-state index in [-0.39, 0.29) is 12.6 Å². The van der Waals surface area contributed by atoms with Gasteiger partial charge in [-0.15, -0.1) is 0 Å². The van der Waals surface area contributed by atoms with E-state index < -0.39 is 19.9 Å². The molecule has 1 saturated carbocycles. The van der Waals surface area contributed by atoms with E-state index in [1.807, 2.05) is 0 Å². The molecule has 0 amide bonds. The van der Waals surface area contributed by atoms with Gasteiger partial charge in [-0.3, -0.25) is 14.7 Å². The molecule has 0 aromatic heterocycles. The summed E-state index contributed by atoms with van der Waals surface area (Å²) in [7, 11) is -4.08. The second kappa shape index (κ2) is 6.35. The second-order valence-electron chi connectivity index (χ2n) is 4.00. The summed E-state index contributed by atoms with van der Waals surface area (Å²) >= 11 is 0. The molecule has 1 rings (SSSR count). The Morgan fingerprint density at radius 1 is 1.31 bits per heavy atom. The lowest BCUT2D eigenvalue weighted by molar-refractivity contribution is -0.149. The smallest absolute Gasteiger partial charge is 0.339 e. The Morgan fingerprint density at radius 2 is 1.94 bits per heavy atom. The van der Waals surface area contributed by atoms with Crippen LogP contribution >= 0.6 is 7.60 Å². The Balaban J connectivity index is 2.13. The monoisotopic (exact) mass is 251 g/mol. The van der Waals surface area contributed by atoms with Crippen LogP contribution in [0, 0.1) is 0 Å². The number of hydrogen-bond acceptors (Lipinski definition) is 4. The third kappa shape index (κ3) is 6.23. The van der Waals surface area contributed by atoms with Gasteiger partial charge in [0, 0.05) is 0 Å². The summed E-state index contributed by atoms with van der Waals surface area (Å²) in [6.07, 6.45) is 4.62. The highest BCUT2D eigenvalue weighted by atomic mass is 31.2. The maximum atomic E-state index is 11.3. The predicted molar refractivity (Wildman–Crippen MR) is 57.9 cm³/mol. The minimum absolute atomic E-state index is 0.0156. The van der Waals surface area contributed by atoms with Crippen LogP contribution < -0.4 is 5.32 Å². The van der Waals surface area contributed by atoms with Gasteiger partial charge in [-0.1, -0.05) is 6.42 Å². The topological polar surface area (TPSA) is 95.9 Å². The van der Waals surface area contributed by atoms with Crippen LogP contribution in [0.3, 0.4) is 0 Å². The molecule has 1 aliphatic carbocycles. The van der Waals surface area contributed by atoms with E-state index in [1.165, 1.54) is 6.42 Å². The summed E-state index contributed by atoms with van der Waals surface area (Å²) in [5, 5.41) is 2.38. The lowest BCUT2D eigenvalue weighted by atomic mass is 9.98. The van der Waals surface area contributed by atoms with E-state index in [2.05, 4.69) is 5.32 Å². The quantitative estimate of drug-likeness (QED) is 0.489. The van der Waals surface area contributed by atoms with Gasteiger partial charge >= 0.3 is 13.6 Å². The number of rotatable bonds is 5. The molecule has 3 N–H and O–H groups in total. The molecule has 0 spiro atoms. The number of carbonyl (C=O) groups excluding carboxylic acids is 1.